The quantitative estimate of drug-likeness (QED) is 0.262. The van der Waals surface area contributed by atoms with E-state index in [4.69, 9.17) is 4.98 Å². The van der Waals surface area contributed by atoms with Gasteiger partial charge in [0.05, 0.1) is 18.0 Å². The fourth-order valence-corrected chi connectivity index (χ4v) is 3.98. The van der Waals surface area contributed by atoms with Crippen molar-refractivity contribution in [3.8, 4) is 22.5 Å². The lowest BCUT2D eigenvalue weighted by Crippen LogP contribution is -2.43. The minimum absolute atomic E-state index is 0.137. The molecule has 0 aliphatic heterocycles. The van der Waals surface area contributed by atoms with E-state index < -0.39 is 31.0 Å². The molecule has 0 aliphatic rings. The molecule has 0 bridgehead atoms. The maximum Gasteiger partial charge on any atom is 0.142 e. The monoisotopic (exact) mass is 460 g/mol. The van der Waals surface area contributed by atoms with E-state index in [1.807, 2.05) is 95.6 Å². The van der Waals surface area contributed by atoms with Gasteiger partial charge in [-0.05, 0) is 5.56 Å². The minimum atomic E-state index is -1.77. The van der Waals surface area contributed by atoms with Gasteiger partial charge in [0, 0.05) is 17.7 Å². The van der Waals surface area contributed by atoms with Crippen molar-refractivity contribution in [3.05, 3.63) is 102 Å². The average Bonchev–Trinajstić information content (AvgIpc) is 3.27. The third kappa shape index (κ3) is 4.94. The Bertz CT molecular complexity index is 1180. The molecule has 176 valence electrons. The molecule has 0 fully saturated rings. The predicted octanol–water partition coefficient (Wildman–Crippen LogP) is 2.37. The molecule has 4 aromatic rings. The van der Waals surface area contributed by atoms with Gasteiger partial charge in [-0.2, -0.15) is 0 Å². The minimum Gasteiger partial charge on any atom is -0.394 e. The third-order valence-corrected chi connectivity index (χ3v) is 5.79. The highest BCUT2D eigenvalue weighted by Gasteiger charge is 2.35. The number of imidazole rings is 1. The molecule has 4 atom stereocenters. The second-order valence-corrected chi connectivity index (χ2v) is 8.15. The normalized spacial score (nSPS) is 15.0. The molecule has 3 aromatic carbocycles. The van der Waals surface area contributed by atoms with Gasteiger partial charge in [-0.3, -0.25) is 0 Å². The predicted molar refractivity (Wildman–Crippen MR) is 129 cm³/mol. The molecule has 1 aromatic heterocycles. The molecule has 0 saturated carbocycles. The first-order valence-electron chi connectivity index (χ1n) is 11.1. The Morgan fingerprint density at radius 2 is 1.21 bits per heavy atom. The summed E-state index contributed by atoms with van der Waals surface area (Å²) in [5, 5.41) is 51.0. The largest absolute Gasteiger partial charge is 0.394 e. The summed E-state index contributed by atoms with van der Waals surface area (Å²) in [6.45, 7) is -0.406. The maximum atomic E-state index is 11.1. The van der Waals surface area contributed by atoms with Gasteiger partial charge in [0.25, 0.3) is 0 Å². The van der Waals surface area contributed by atoms with Crippen LogP contribution in [0.25, 0.3) is 22.5 Å². The second-order valence-electron chi connectivity index (χ2n) is 8.15. The summed E-state index contributed by atoms with van der Waals surface area (Å²) >= 11 is 0. The highest BCUT2D eigenvalue weighted by molar-refractivity contribution is 5.79. The van der Waals surface area contributed by atoms with Crippen LogP contribution in [-0.2, 0) is 6.54 Å². The Labute approximate surface area is 197 Å². The van der Waals surface area contributed by atoms with Crippen molar-refractivity contribution in [1.29, 1.82) is 0 Å². The molecule has 0 aliphatic carbocycles. The van der Waals surface area contributed by atoms with Crippen molar-refractivity contribution in [1.82, 2.24) is 9.55 Å². The van der Waals surface area contributed by atoms with Gasteiger partial charge >= 0.3 is 0 Å². The van der Waals surface area contributed by atoms with E-state index in [1.165, 1.54) is 0 Å². The van der Waals surface area contributed by atoms with Crippen LogP contribution < -0.4 is 0 Å². The van der Waals surface area contributed by atoms with Crippen molar-refractivity contribution in [2.24, 2.45) is 0 Å². The van der Waals surface area contributed by atoms with Crippen molar-refractivity contribution >= 4 is 0 Å². The Morgan fingerprint density at radius 1 is 0.676 bits per heavy atom. The first-order chi connectivity index (χ1) is 16.5. The fourth-order valence-electron chi connectivity index (χ4n) is 3.98. The Balaban J connectivity index is 1.92. The summed E-state index contributed by atoms with van der Waals surface area (Å²) in [6, 6.07) is 28.8. The number of rotatable bonds is 9. The summed E-state index contributed by atoms with van der Waals surface area (Å²) in [4.78, 5) is 4.74. The maximum absolute atomic E-state index is 11.1. The first-order valence-corrected chi connectivity index (χ1v) is 11.1. The summed E-state index contributed by atoms with van der Waals surface area (Å²) in [5.41, 5.74) is 4.01. The Hall–Kier alpha value is -3.33. The van der Waals surface area contributed by atoms with E-state index >= 15 is 0 Å². The molecule has 0 amide bonds. The van der Waals surface area contributed by atoms with Crippen LogP contribution in [-0.4, -0.2) is 60.0 Å². The summed E-state index contributed by atoms with van der Waals surface area (Å²) in [7, 11) is 0. The van der Waals surface area contributed by atoms with Crippen LogP contribution >= 0.6 is 0 Å². The van der Waals surface area contributed by atoms with Crippen LogP contribution in [0.5, 0.6) is 0 Å². The molecule has 5 N–H and O–H groups in total. The summed E-state index contributed by atoms with van der Waals surface area (Å²) < 4.78 is 1.82. The summed E-state index contributed by atoms with van der Waals surface area (Å²) in [5.74, 6) is 0.137. The topological polar surface area (TPSA) is 119 Å². The smallest absolute Gasteiger partial charge is 0.142 e. The van der Waals surface area contributed by atoms with Crippen molar-refractivity contribution in [2.75, 3.05) is 6.61 Å². The van der Waals surface area contributed by atoms with Gasteiger partial charge in [0.15, 0.2) is 0 Å². The zero-order chi connectivity index (χ0) is 24.1. The number of hydrogen-bond donors (Lipinski definition) is 5. The van der Waals surface area contributed by atoms with Crippen LogP contribution in [0.15, 0.2) is 91.0 Å². The molecule has 0 unspecified atom stereocenters. The van der Waals surface area contributed by atoms with Gasteiger partial charge < -0.3 is 30.1 Å². The molecular weight excluding hydrogens is 432 g/mol. The second kappa shape index (κ2) is 10.7. The third-order valence-electron chi connectivity index (χ3n) is 5.79. The lowest BCUT2D eigenvalue weighted by Gasteiger charge is -2.26. The first kappa shape index (κ1) is 23.8. The van der Waals surface area contributed by atoms with E-state index in [1.54, 1.807) is 0 Å². The lowest BCUT2D eigenvalue weighted by molar-refractivity contribution is -0.118. The zero-order valence-electron chi connectivity index (χ0n) is 18.5. The molecule has 34 heavy (non-hydrogen) atoms. The molecule has 0 radical (unpaired) electrons. The van der Waals surface area contributed by atoms with Crippen LogP contribution in [0.2, 0.25) is 0 Å². The molecule has 1 heterocycles. The van der Waals surface area contributed by atoms with Crippen LogP contribution in [0.3, 0.4) is 0 Å². The average molecular weight is 461 g/mol. The number of hydrogen-bond acceptors (Lipinski definition) is 6. The zero-order valence-corrected chi connectivity index (χ0v) is 18.5. The van der Waals surface area contributed by atoms with E-state index in [0.29, 0.717) is 12.2 Å². The SMILES string of the molecule is OC[C@@H](O)[C@@H](O)[C@@H](O)[C@H](O)c1nc(-c2ccccc2)c(-c2ccccc2)n1Cc1ccccc1. The van der Waals surface area contributed by atoms with Crippen LogP contribution in [0.4, 0.5) is 0 Å². The molecule has 7 heteroatoms. The van der Waals surface area contributed by atoms with Gasteiger partial charge in [0.2, 0.25) is 0 Å². The highest BCUT2D eigenvalue weighted by atomic mass is 16.4. The Kier molecular flexibility index (Phi) is 7.52. The molecular formula is C27H28N2O5. The highest BCUT2D eigenvalue weighted by Crippen LogP contribution is 2.36. The van der Waals surface area contributed by atoms with Gasteiger partial charge in [-0.1, -0.05) is 91.0 Å². The van der Waals surface area contributed by atoms with Crippen LogP contribution in [0.1, 0.15) is 17.5 Å². The van der Waals surface area contributed by atoms with Crippen molar-refractivity contribution in [2.45, 2.75) is 31.0 Å². The van der Waals surface area contributed by atoms with E-state index in [2.05, 4.69) is 0 Å². The Morgan fingerprint density at radius 3 is 1.76 bits per heavy atom. The molecule has 7 nitrogen and oxygen atoms in total. The van der Waals surface area contributed by atoms with Crippen LogP contribution in [0, 0.1) is 0 Å². The molecule has 4 rings (SSSR count). The van der Waals surface area contributed by atoms with Crippen molar-refractivity contribution in [3.63, 3.8) is 0 Å². The molecule has 0 saturated heterocycles. The lowest BCUT2D eigenvalue weighted by atomic mass is 10.0. The summed E-state index contributed by atoms with van der Waals surface area (Å²) in [6.07, 6.45) is -6.77. The fraction of sp³-hybridized carbons (Fsp3) is 0.222. The number of aliphatic hydroxyl groups excluding tert-OH is 5. The van der Waals surface area contributed by atoms with E-state index in [9.17, 15) is 25.5 Å². The standard InChI is InChI=1S/C27H28N2O5/c30-17-21(31)24(32)25(33)26(34)27-28-22(19-12-6-2-7-13-19)23(20-14-8-3-9-15-20)29(27)16-18-10-4-1-5-11-18/h1-15,21,24-26,30-34H,16-17H2/t21-,24-,25-,26+/m1/s1. The van der Waals surface area contributed by atoms with Gasteiger partial charge in [-0.25, -0.2) is 4.98 Å². The molecule has 0 spiro atoms. The number of aliphatic hydroxyl groups is 5. The van der Waals surface area contributed by atoms with E-state index in [0.717, 1.165) is 22.4 Å². The van der Waals surface area contributed by atoms with Gasteiger partial charge in [0.1, 0.15) is 30.2 Å². The van der Waals surface area contributed by atoms with Gasteiger partial charge in [-0.15, -0.1) is 0 Å². The van der Waals surface area contributed by atoms with E-state index in [-0.39, 0.29) is 5.82 Å². The number of aromatic nitrogens is 2. The number of benzene rings is 3. The van der Waals surface area contributed by atoms with Crippen molar-refractivity contribution < 1.29 is 25.5 Å². The number of nitrogens with zero attached hydrogens (tertiary/aromatic N) is 2.